The van der Waals surface area contributed by atoms with Crippen molar-refractivity contribution in [1.82, 2.24) is 10.2 Å². The lowest BCUT2D eigenvalue weighted by Gasteiger charge is -2.32. The summed E-state index contributed by atoms with van der Waals surface area (Å²) >= 11 is 0. The topological polar surface area (TPSA) is 77.1 Å². The standard InChI is InChI=1S/C21H33BN2O5.2C2H6/c1-19(2,3)27-18(26)24(8)14-13-23-17(25)15-9-11-16(12-10-15)22-28-20(4,5)21(6,7)29-22;2*1-2/h9-12H,13-14H2,1-8H3,(H,23,25);2*1-2H3. The summed E-state index contributed by atoms with van der Waals surface area (Å²) in [5.41, 5.74) is 0.0324. The first-order valence-corrected chi connectivity index (χ1v) is 11.9. The van der Waals surface area contributed by atoms with Crippen LogP contribution in [-0.2, 0) is 14.0 Å². The van der Waals surface area contributed by atoms with Gasteiger partial charge in [-0.15, -0.1) is 0 Å². The van der Waals surface area contributed by atoms with Crippen molar-refractivity contribution in [2.24, 2.45) is 0 Å². The van der Waals surface area contributed by atoms with Gasteiger partial charge in [-0.1, -0.05) is 39.8 Å². The lowest BCUT2D eigenvalue weighted by atomic mass is 9.79. The first-order valence-electron chi connectivity index (χ1n) is 11.9. The molecule has 0 spiro atoms. The van der Waals surface area contributed by atoms with Crippen LogP contribution in [0.3, 0.4) is 0 Å². The highest BCUT2D eigenvalue weighted by atomic mass is 16.7. The van der Waals surface area contributed by atoms with E-state index in [1.807, 2.05) is 88.3 Å². The van der Waals surface area contributed by atoms with Gasteiger partial charge in [-0.05, 0) is 66.1 Å². The van der Waals surface area contributed by atoms with E-state index in [0.717, 1.165) is 5.46 Å². The van der Waals surface area contributed by atoms with Gasteiger partial charge in [-0.25, -0.2) is 4.79 Å². The summed E-state index contributed by atoms with van der Waals surface area (Å²) < 4.78 is 17.3. The smallest absolute Gasteiger partial charge is 0.444 e. The maximum atomic E-state index is 12.4. The van der Waals surface area contributed by atoms with Crippen LogP contribution in [0.1, 0.15) is 86.5 Å². The highest BCUT2D eigenvalue weighted by Gasteiger charge is 2.51. The van der Waals surface area contributed by atoms with E-state index in [2.05, 4.69) is 5.32 Å². The summed E-state index contributed by atoms with van der Waals surface area (Å²) in [5.74, 6) is -0.206. The Labute approximate surface area is 201 Å². The molecule has 2 rings (SSSR count). The van der Waals surface area contributed by atoms with E-state index in [9.17, 15) is 9.59 Å². The van der Waals surface area contributed by atoms with Crippen molar-refractivity contribution in [3.63, 3.8) is 0 Å². The summed E-state index contributed by atoms with van der Waals surface area (Å²) in [5, 5.41) is 2.81. The number of nitrogens with zero attached hydrogens (tertiary/aromatic N) is 1. The van der Waals surface area contributed by atoms with E-state index in [0.29, 0.717) is 18.7 Å². The molecular weight excluding hydrogens is 419 g/mol. The molecule has 1 fully saturated rings. The first-order chi connectivity index (χ1) is 15.2. The van der Waals surface area contributed by atoms with Crippen LogP contribution < -0.4 is 10.8 Å². The van der Waals surface area contributed by atoms with E-state index in [-0.39, 0.29) is 5.91 Å². The summed E-state index contributed by atoms with van der Waals surface area (Å²) in [6.45, 7) is 22.1. The number of ether oxygens (including phenoxy) is 1. The number of likely N-dealkylation sites (N-methyl/N-ethyl adjacent to an activating group) is 1. The van der Waals surface area contributed by atoms with Crippen LogP contribution in [0.5, 0.6) is 0 Å². The molecule has 0 unspecified atom stereocenters. The molecule has 188 valence electrons. The molecular formula is C25H45BN2O5. The number of rotatable bonds is 5. The molecule has 0 aliphatic carbocycles. The summed E-state index contributed by atoms with van der Waals surface area (Å²) in [7, 11) is 1.18. The highest BCUT2D eigenvalue weighted by molar-refractivity contribution is 6.62. The van der Waals surface area contributed by atoms with Crippen LogP contribution in [0.4, 0.5) is 4.79 Å². The zero-order valence-corrected chi connectivity index (χ0v) is 22.8. The van der Waals surface area contributed by atoms with Crippen LogP contribution in [0.25, 0.3) is 0 Å². The van der Waals surface area contributed by atoms with Gasteiger partial charge >= 0.3 is 13.2 Å². The molecule has 1 N–H and O–H groups in total. The maximum Gasteiger partial charge on any atom is 0.494 e. The molecule has 0 atom stereocenters. The zero-order valence-electron chi connectivity index (χ0n) is 22.8. The second kappa shape index (κ2) is 13.0. The van der Waals surface area contributed by atoms with Gasteiger partial charge in [-0.2, -0.15) is 0 Å². The number of nitrogens with one attached hydrogen (secondary N) is 1. The summed E-state index contributed by atoms with van der Waals surface area (Å²) in [6, 6.07) is 7.16. The van der Waals surface area contributed by atoms with Crippen LogP contribution in [0, 0.1) is 0 Å². The van der Waals surface area contributed by atoms with Gasteiger partial charge in [-0.3, -0.25) is 4.79 Å². The molecule has 0 bridgehead atoms. The Balaban J connectivity index is 0.00000242. The minimum Gasteiger partial charge on any atom is -0.444 e. The van der Waals surface area contributed by atoms with E-state index < -0.39 is 30.0 Å². The molecule has 1 aliphatic rings. The fourth-order valence-electron chi connectivity index (χ4n) is 2.64. The van der Waals surface area contributed by atoms with Crippen molar-refractivity contribution in [3.05, 3.63) is 29.8 Å². The molecule has 1 aliphatic heterocycles. The van der Waals surface area contributed by atoms with Crippen molar-refractivity contribution in [2.75, 3.05) is 20.1 Å². The van der Waals surface area contributed by atoms with Crippen molar-refractivity contribution >= 4 is 24.6 Å². The lowest BCUT2D eigenvalue weighted by Crippen LogP contribution is -2.41. The number of hydrogen-bond acceptors (Lipinski definition) is 5. The normalized spacial score (nSPS) is 15.9. The maximum absolute atomic E-state index is 12.4. The molecule has 0 aromatic heterocycles. The van der Waals surface area contributed by atoms with Crippen LogP contribution in [-0.4, -0.2) is 61.0 Å². The number of amides is 2. The molecule has 0 saturated carbocycles. The average Bonchev–Trinajstić information content (AvgIpc) is 2.96. The fraction of sp³-hybridized carbons (Fsp3) is 0.680. The molecule has 33 heavy (non-hydrogen) atoms. The second-order valence-electron chi connectivity index (χ2n) is 9.37. The van der Waals surface area contributed by atoms with E-state index >= 15 is 0 Å². The highest BCUT2D eigenvalue weighted by Crippen LogP contribution is 2.36. The third-order valence-corrected chi connectivity index (χ3v) is 5.14. The van der Waals surface area contributed by atoms with Crippen molar-refractivity contribution in [3.8, 4) is 0 Å². The Hall–Kier alpha value is -2.06. The Bertz CT molecular complexity index is 726. The molecule has 0 radical (unpaired) electrons. The van der Waals surface area contributed by atoms with Crippen molar-refractivity contribution < 1.29 is 23.6 Å². The predicted octanol–water partition coefficient (Wildman–Crippen LogP) is 4.63. The fourth-order valence-corrected chi connectivity index (χ4v) is 2.64. The van der Waals surface area contributed by atoms with Gasteiger partial charge in [0.2, 0.25) is 0 Å². The van der Waals surface area contributed by atoms with Crippen molar-refractivity contribution in [1.29, 1.82) is 0 Å². The minimum atomic E-state index is -0.548. The number of hydrogen-bond donors (Lipinski definition) is 1. The molecule has 1 aromatic carbocycles. The van der Waals surface area contributed by atoms with Gasteiger partial charge in [0.15, 0.2) is 0 Å². The molecule has 8 heteroatoms. The van der Waals surface area contributed by atoms with E-state index in [1.54, 1.807) is 19.2 Å². The Morgan fingerprint density at radius 1 is 0.970 bits per heavy atom. The molecule has 1 saturated heterocycles. The van der Waals surface area contributed by atoms with Crippen LogP contribution in [0.2, 0.25) is 0 Å². The minimum absolute atomic E-state index is 0.206. The van der Waals surface area contributed by atoms with E-state index in [1.165, 1.54) is 4.90 Å². The summed E-state index contributed by atoms with van der Waals surface area (Å²) in [6.07, 6.45) is -0.418. The van der Waals surface area contributed by atoms with Gasteiger partial charge in [0, 0.05) is 25.7 Å². The molecule has 2 amide bonds. The lowest BCUT2D eigenvalue weighted by molar-refractivity contribution is 0.00578. The number of carbonyl (C=O) groups is 2. The molecule has 7 nitrogen and oxygen atoms in total. The van der Waals surface area contributed by atoms with Crippen molar-refractivity contribution in [2.45, 2.75) is 93.0 Å². The SMILES string of the molecule is CC.CC.CN(CCNC(=O)c1ccc(B2OC(C)(C)C(C)(C)O2)cc1)C(=O)OC(C)(C)C. The summed E-state index contributed by atoms with van der Waals surface area (Å²) in [4.78, 5) is 25.7. The monoisotopic (exact) mass is 464 g/mol. The van der Waals surface area contributed by atoms with E-state index in [4.69, 9.17) is 14.0 Å². The van der Waals surface area contributed by atoms with Gasteiger partial charge in [0.1, 0.15) is 5.60 Å². The Morgan fingerprint density at radius 3 is 1.85 bits per heavy atom. The molecule has 1 heterocycles. The average molecular weight is 464 g/mol. The zero-order chi connectivity index (χ0) is 26.0. The number of benzene rings is 1. The largest absolute Gasteiger partial charge is 0.494 e. The first kappa shape index (κ1) is 30.9. The van der Waals surface area contributed by atoms with Gasteiger partial charge in [0.25, 0.3) is 5.91 Å². The van der Waals surface area contributed by atoms with Crippen LogP contribution >= 0.6 is 0 Å². The third kappa shape index (κ3) is 9.37. The van der Waals surface area contributed by atoms with Gasteiger partial charge in [0.05, 0.1) is 11.2 Å². The predicted molar refractivity (Wildman–Crippen MR) is 136 cm³/mol. The second-order valence-corrected chi connectivity index (χ2v) is 9.37. The quantitative estimate of drug-likeness (QED) is 0.643. The Morgan fingerprint density at radius 2 is 1.42 bits per heavy atom. The van der Waals surface area contributed by atoms with Gasteiger partial charge < -0.3 is 24.3 Å². The molecule has 1 aromatic rings. The number of carbonyl (C=O) groups excluding carboxylic acids is 2. The third-order valence-electron chi connectivity index (χ3n) is 5.14. The van der Waals surface area contributed by atoms with Crippen LogP contribution in [0.15, 0.2) is 24.3 Å². The Kier molecular flexibility index (Phi) is 12.2.